The fourth-order valence-electron chi connectivity index (χ4n) is 3.22. The summed E-state index contributed by atoms with van der Waals surface area (Å²) >= 11 is 0. The number of piperazine rings is 1. The highest BCUT2D eigenvalue weighted by molar-refractivity contribution is 5.74. The molecule has 132 valence electrons. The summed E-state index contributed by atoms with van der Waals surface area (Å²) in [5.74, 6) is 0. The van der Waals surface area contributed by atoms with Crippen molar-refractivity contribution in [1.29, 1.82) is 0 Å². The number of likely N-dealkylation sites (N-methyl/N-ethyl adjacent to an activating group) is 1. The average Bonchev–Trinajstić information content (AvgIpc) is 2.64. The fraction of sp³-hybridized carbons (Fsp3) is 0.611. The Kier molecular flexibility index (Phi) is 6.07. The highest BCUT2D eigenvalue weighted by Crippen LogP contribution is 2.16. The summed E-state index contributed by atoms with van der Waals surface area (Å²) in [7, 11) is 2.16. The molecule has 2 aliphatic rings. The van der Waals surface area contributed by atoms with Crippen LogP contribution in [0.1, 0.15) is 11.6 Å². The minimum Gasteiger partial charge on any atom is -0.378 e. The maximum absolute atomic E-state index is 12.6. The summed E-state index contributed by atoms with van der Waals surface area (Å²) in [4.78, 5) is 19.2. The van der Waals surface area contributed by atoms with E-state index in [4.69, 9.17) is 4.74 Å². The zero-order chi connectivity index (χ0) is 16.8. The first-order valence-electron chi connectivity index (χ1n) is 8.81. The molecule has 2 saturated heterocycles. The lowest BCUT2D eigenvalue weighted by Gasteiger charge is -2.36. The van der Waals surface area contributed by atoms with Crippen molar-refractivity contribution in [2.24, 2.45) is 0 Å². The quantitative estimate of drug-likeness (QED) is 0.894. The molecule has 2 fully saturated rings. The van der Waals surface area contributed by atoms with Gasteiger partial charge in [0.25, 0.3) is 0 Å². The minimum atomic E-state index is 0.0151. The largest absolute Gasteiger partial charge is 0.378 e. The number of hydrogen-bond acceptors (Lipinski definition) is 4. The third-order valence-corrected chi connectivity index (χ3v) is 4.83. The molecule has 2 amide bonds. The van der Waals surface area contributed by atoms with E-state index in [0.29, 0.717) is 26.3 Å². The van der Waals surface area contributed by atoms with E-state index in [0.717, 1.165) is 38.3 Å². The lowest BCUT2D eigenvalue weighted by Crippen LogP contribution is -2.51. The van der Waals surface area contributed by atoms with E-state index in [9.17, 15) is 4.79 Å². The molecule has 1 aromatic carbocycles. The van der Waals surface area contributed by atoms with Crippen LogP contribution in [0.25, 0.3) is 0 Å². The Bertz CT molecular complexity index is 511. The highest BCUT2D eigenvalue weighted by atomic mass is 16.5. The molecule has 3 rings (SSSR count). The van der Waals surface area contributed by atoms with Gasteiger partial charge >= 0.3 is 6.03 Å². The number of morpholine rings is 1. The Balaban J connectivity index is 1.64. The number of rotatable bonds is 4. The first-order chi connectivity index (χ1) is 11.7. The number of carbonyl (C=O) groups excluding carboxylic acids is 1. The Morgan fingerprint density at radius 1 is 1.08 bits per heavy atom. The molecular weight excluding hydrogens is 304 g/mol. The molecule has 0 spiro atoms. The number of nitrogens with zero attached hydrogens (tertiary/aromatic N) is 3. The third-order valence-electron chi connectivity index (χ3n) is 4.83. The summed E-state index contributed by atoms with van der Waals surface area (Å²) < 4.78 is 5.34. The molecule has 1 atom stereocenters. The lowest BCUT2D eigenvalue weighted by molar-refractivity contribution is 0.0517. The van der Waals surface area contributed by atoms with Crippen molar-refractivity contribution in [3.8, 4) is 0 Å². The minimum absolute atomic E-state index is 0.0151. The van der Waals surface area contributed by atoms with Crippen LogP contribution >= 0.6 is 0 Å². The molecule has 1 aromatic rings. The summed E-state index contributed by atoms with van der Waals surface area (Å²) in [6.07, 6.45) is 0. The second-order valence-electron chi connectivity index (χ2n) is 6.62. The maximum atomic E-state index is 12.6. The Labute approximate surface area is 144 Å². The van der Waals surface area contributed by atoms with Gasteiger partial charge in [-0.15, -0.1) is 0 Å². The van der Waals surface area contributed by atoms with Crippen LogP contribution in [-0.4, -0.2) is 86.8 Å². The number of carbonyl (C=O) groups is 1. The molecule has 0 radical (unpaired) electrons. The predicted molar refractivity (Wildman–Crippen MR) is 94.0 cm³/mol. The zero-order valence-corrected chi connectivity index (χ0v) is 14.5. The van der Waals surface area contributed by atoms with Crippen LogP contribution in [0.4, 0.5) is 4.79 Å². The van der Waals surface area contributed by atoms with Crippen molar-refractivity contribution < 1.29 is 9.53 Å². The Morgan fingerprint density at radius 3 is 2.42 bits per heavy atom. The van der Waals surface area contributed by atoms with Gasteiger partial charge in [-0.05, 0) is 12.6 Å². The van der Waals surface area contributed by atoms with Gasteiger partial charge in [0, 0.05) is 45.8 Å². The van der Waals surface area contributed by atoms with Gasteiger partial charge in [-0.1, -0.05) is 30.3 Å². The normalized spacial score (nSPS) is 21.5. The molecule has 0 saturated carbocycles. The predicted octanol–water partition coefficient (Wildman–Crippen LogP) is 1.02. The van der Waals surface area contributed by atoms with E-state index in [1.165, 1.54) is 0 Å². The molecule has 0 aliphatic carbocycles. The monoisotopic (exact) mass is 332 g/mol. The SMILES string of the molecule is CN1CCN(CC(NC(=O)N2CCOCC2)c2ccccc2)CC1. The Hall–Kier alpha value is -1.63. The number of amides is 2. The van der Waals surface area contributed by atoms with Crippen LogP contribution in [0, 0.1) is 0 Å². The van der Waals surface area contributed by atoms with Crippen molar-refractivity contribution in [2.45, 2.75) is 6.04 Å². The van der Waals surface area contributed by atoms with Gasteiger partial charge < -0.3 is 19.9 Å². The molecular formula is C18H28N4O2. The molecule has 1 unspecified atom stereocenters. The summed E-state index contributed by atoms with van der Waals surface area (Å²) in [6.45, 7) is 7.71. The van der Waals surface area contributed by atoms with Crippen LogP contribution in [0.15, 0.2) is 30.3 Å². The van der Waals surface area contributed by atoms with E-state index in [-0.39, 0.29) is 12.1 Å². The van der Waals surface area contributed by atoms with Gasteiger partial charge in [0.2, 0.25) is 0 Å². The average molecular weight is 332 g/mol. The smallest absolute Gasteiger partial charge is 0.318 e. The van der Waals surface area contributed by atoms with E-state index >= 15 is 0 Å². The second-order valence-corrected chi connectivity index (χ2v) is 6.62. The molecule has 24 heavy (non-hydrogen) atoms. The standard InChI is InChI=1S/C18H28N4O2/c1-20-7-9-21(10-8-20)15-17(16-5-3-2-4-6-16)19-18(23)22-11-13-24-14-12-22/h2-6,17H,7-15H2,1H3,(H,19,23). The molecule has 0 aromatic heterocycles. The van der Waals surface area contributed by atoms with Gasteiger partial charge in [-0.3, -0.25) is 4.90 Å². The van der Waals surface area contributed by atoms with E-state index in [1.54, 1.807) is 0 Å². The molecule has 2 heterocycles. The van der Waals surface area contributed by atoms with Gasteiger partial charge in [0.05, 0.1) is 19.3 Å². The van der Waals surface area contributed by atoms with Crippen molar-refractivity contribution in [2.75, 3.05) is 66.1 Å². The summed E-state index contributed by atoms with van der Waals surface area (Å²) in [5.41, 5.74) is 1.16. The fourth-order valence-corrected chi connectivity index (χ4v) is 3.22. The van der Waals surface area contributed by atoms with Crippen LogP contribution in [-0.2, 0) is 4.74 Å². The Morgan fingerprint density at radius 2 is 1.75 bits per heavy atom. The lowest BCUT2D eigenvalue weighted by atomic mass is 10.1. The molecule has 1 N–H and O–H groups in total. The first kappa shape index (κ1) is 17.2. The van der Waals surface area contributed by atoms with Crippen molar-refractivity contribution in [1.82, 2.24) is 20.0 Å². The van der Waals surface area contributed by atoms with Crippen molar-refractivity contribution in [3.63, 3.8) is 0 Å². The van der Waals surface area contributed by atoms with Crippen LogP contribution < -0.4 is 5.32 Å². The molecule has 6 nitrogen and oxygen atoms in total. The maximum Gasteiger partial charge on any atom is 0.318 e. The number of nitrogens with one attached hydrogen (secondary N) is 1. The van der Waals surface area contributed by atoms with E-state index in [2.05, 4.69) is 34.3 Å². The first-order valence-corrected chi connectivity index (χ1v) is 8.81. The van der Waals surface area contributed by atoms with Crippen molar-refractivity contribution in [3.05, 3.63) is 35.9 Å². The van der Waals surface area contributed by atoms with Gasteiger partial charge in [-0.25, -0.2) is 4.79 Å². The number of urea groups is 1. The summed E-state index contributed by atoms with van der Waals surface area (Å²) in [5, 5.41) is 3.24. The number of benzene rings is 1. The van der Waals surface area contributed by atoms with Crippen LogP contribution in [0.2, 0.25) is 0 Å². The van der Waals surface area contributed by atoms with Gasteiger partial charge in [0.1, 0.15) is 0 Å². The van der Waals surface area contributed by atoms with Crippen LogP contribution in [0.3, 0.4) is 0 Å². The highest BCUT2D eigenvalue weighted by Gasteiger charge is 2.24. The van der Waals surface area contributed by atoms with Crippen LogP contribution in [0.5, 0.6) is 0 Å². The topological polar surface area (TPSA) is 48.0 Å². The zero-order valence-electron chi connectivity index (χ0n) is 14.5. The third kappa shape index (κ3) is 4.69. The van der Waals surface area contributed by atoms with E-state index < -0.39 is 0 Å². The number of hydrogen-bond donors (Lipinski definition) is 1. The van der Waals surface area contributed by atoms with E-state index in [1.807, 2.05) is 23.1 Å². The number of ether oxygens (including phenoxy) is 1. The van der Waals surface area contributed by atoms with Crippen molar-refractivity contribution >= 4 is 6.03 Å². The molecule has 0 bridgehead atoms. The van der Waals surface area contributed by atoms with Gasteiger partial charge in [0.15, 0.2) is 0 Å². The van der Waals surface area contributed by atoms with Gasteiger partial charge in [-0.2, -0.15) is 0 Å². The summed E-state index contributed by atoms with van der Waals surface area (Å²) in [6, 6.07) is 10.3. The molecule has 6 heteroatoms. The molecule has 2 aliphatic heterocycles. The second kappa shape index (κ2) is 8.46.